The summed E-state index contributed by atoms with van der Waals surface area (Å²) in [4.78, 5) is 25.2. The zero-order chi connectivity index (χ0) is 25.0. The van der Waals surface area contributed by atoms with Crippen LogP contribution in [0.25, 0.3) is 5.69 Å². The van der Waals surface area contributed by atoms with Gasteiger partial charge in [0.1, 0.15) is 5.56 Å². The number of esters is 1. The standard InChI is InChI=1S/C25H28N4O5S/c1-18-24(19(2)29(27-18)21-9-5-3-6-10-21)25(31)34-17-23(30)26-20-11-13-22(14-12-20)35(32,33)28-15-7-4-8-16-28/h3,5-6,9-14H,4,7-8,15-17H2,1-2H3,(H,26,30). The predicted octanol–water partition coefficient (Wildman–Crippen LogP) is 3.46. The molecule has 35 heavy (non-hydrogen) atoms. The number of carbonyl (C=O) groups is 2. The molecule has 9 nitrogen and oxygen atoms in total. The van der Waals surface area contributed by atoms with Gasteiger partial charge in [0.05, 0.1) is 22.0 Å². The average molecular weight is 497 g/mol. The molecule has 1 fully saturated rings. The number of piperidine rings is 1. The molecule has 2 heterocycles. The Morgan fingerprint density at radius 3 is 2.29 bits per heavy atom. The van der Waals surface area contributed by atoms with Crippen molar-refractivity contribution in [3.05, 3.63) is 71.5 Å². The van der Waals surface area contributed by atoms with Gasteiger partial charge >= 0.3 is 5.97 Å². The number of hydrogen-bond donors (Lipinski definition) is 1. The molecule has 0 saturated carbocycles. The van der Waals surface area contributed by atoms with Crippen molar-refractivity contribution in [3.8, 4) is 5.69 Å². The van der Waals surface area contributed by atoms with Gasteiger partial charge in [0, 0.05) is 18.8 Å². The minimum Gasteiger partial charge on any atom is -0.452 e. The highest BCUT2D eigenvalue weighted by molar-refractivity contribution is 7.89. The molecule has 10 heteroatoms. The Labute approximate surface area is 204 Å². The van der Waals surface area contributed by atoms with Gasteiger partial charge in [-0.1, -0.05) is 24.6 Å². The Bertz CT molecular complexity index is 1310. The smallest absolute Gasteiger partial charge is 0.342 e. The van der Waals surface area contributed by atoms with Crippen molar-refractivity contribution < 1.29 is 22.7 Å². The van der Waals surface area contributed by atoms with Crippen molar-refractivity contribution in [2.24, 2.45) is 0 Å². The van der Waals surface area contributed by atoms with Crippen molar-refractivity contribution in [2.75, 3.05) is 25.0 Å². The summed E-state index contributed by atoms with van der Waals surface area (Å²) in [7, 11) is -3.54. The highest BCUT2D eigenvalue weighted by atomic mass is 32.2. The van der Waals surface area contributed by atoms with Crippen molar-refractivity contribution in [1.82, 2.24) is 14.1 Å². The number of amides is 1. The van der Waals surface area contributed by atoms with E-state index in [4.69, 9.17) is 4.74 Å². The van der Waals surface area contributed by atoms with Crippen molar-refractivity contribution in [2.45, 2.75) is 38.0 Å². The van der Waals surface area contributed by atoms with Gasteiger partial charge in [-0.2, -0.15) is 9.40 Å². The number of benzene rings is 2. The number of nitrogens with zero attached hydrogens (tertiary/aromatic N) is 3. The number of rotatable bonds is 7. The number of para-hydroxylation sites is 1. The Morgan fingerprint density at radius 1 is 0.971 bits per heavy atom. The molecular formula is C25H28N4O5S. The van der Waals surface area contributed by atoms with Crippen molar-refractivity contribution in [3.63, 3.8) is 0 Å². The average Bonchev–Trinajstić information content (AvgIpc) is 3.17. The molecule has 0 spiro atoms. The molecule has 184 valence electrons. The number of anilines is 1. The van der Waals surface area contributed by atoms with E-state index < -0.39 is 28.5 Å². The van der Waals surface area contributed by atoms with E-state index in [1.807, 2.05) is 30.3 Å². The zero-order valence-electron chi connectivity index (χ0n) is 19.7. The van der Waals surface area contributed by atoms with Crippen LogP contribution in [0.4, 0.5) is 5.69 Å². The molecule has 0 bridgehead atoms. The summed E-state index contributed by atoms with van der Waals surface area (Å²) in [6.45, 7) is 4.04. The first-order valence-corrected chi connectivity index (χ1v) is 12.9. The van der Waals surface area contributed by atoms with Crippen LogP contribution in [0.15, 0.2) is 59.5 Å². The molecule has 0 unspecified atom stereocenters. The maximum atomic E-state index is 12.8. The number of sulfonamides is 1. The van der Waals surface area contributed by atoms with Crippen LogP contribution >= 0.6 is 0 Å². The van der Waals surface area contributed by atoms with E-state index in [9.17, 15) is 18.0 Å². The maximum absolute atomic E-state index is 12.8. The summed E-state index contributed by atoms with van der Waals surface area (Å²) >= 11 is 0. The quantitative estimate of drug-likeness (QED) is 0.502. The molecule has 2 aromatic carbocycles. The fourth-order valence-corrected chi connectivity index (χ4v) is 5.64. The molecule has 1 saturated heterocycles. The molecular weight excluding hydrogens is 468 g/mol. The van der Waals surface area contributed by atoms with E-state index in [2.05, 4.69) is 10.4 Å². The van der Waals surface area contributed by atoms with E-state index >= 15 is 0 Å². The number of hydrogen-bond acceptors (Lipinski definition) is 6. The second kappa shape index (κ2) is 10.4. The Kier molecular flexibility index (Phi) is 7.32. The number of aryl methyl sites for hydroxylation is 1. The second-order valence-corrected chi connectivity index (χ2v) is 10.3. The fraction of sp³-hybridized carbons (Fsp3) is 0.320. The molecule has 0 radical (unpaired) electrons. The lowest BCUT2D eigenvalue weighted by atomic mass is 10.2. The van der Waals surface area contributed by atoms with Crippen LogP contribution in [0.3, 0.4) is 0 Å². The molecule has 4 rings (SSSR count). The summed E-state index contributed by atoms with van der Waals surface area (Å²) in [5.41, 5.74) is 2.66. The minimum atomic E-state index is -3.54. The fourth-order valence-electron chi connectivity index (χ4n) is 4.12. The van der Waals surface area contributed by atoms with Crippen molar-refractivity contribution >= 4 is 27.6 Å². The van der Waals surface area contributed by atoms with E-state index in [1.54, 1.807) is 18.5 Å². The normalized spacial score (nSPS) is 14.5. The van der Waals surface area contributed by atoms with Gasteiger partial charge in [0.25, 0.3) is 5.91 Å². The van der Waals surface area contributed by atoms with Gasteiger partial charge in [-0.25, -0.2) is 17.9 Å². The summed E-state index contributed by atoms with van der Waals surface area (Å²) in [5.74, 6) is -1.17. The van der Waals surface area contributed by atoms with Crippen LogP contribution in [0.5, 0.6) is 0 Å². The van der Waals surface area contributed by atoms with E-state index in [1.165, 1.54) is 28.6 Å². The minimum absolute atomic E-state index is 0.185. The molecule has 3 aromatic rings. The Morgan fingerprint density at radius 2 is 1.63 bits per heavy atom. The molecule has 1 amide bonds. The second-order valence-electron chi connectivity index (χ2n) is 8.41. The van der Waals surface area contributed by atoms with Crippen LogP contribution < -0.4 is 5.32 Å². The predicted molar refractivity (Wildman–Crippen MR) is 131 cm³/mol. The van der Waals surface area contributed by atoms with E-state index in [0.717, 1.165) is 24.9 Å². The third kappa shape index (κ3) is 5.44. The molecule has 1 N–H and O–H groups in total. The van der Waals surface area contributed by atoms with Gasteiger partial charge < -0.3 is 10.1 Å². The summed E-state index contributed by atoms with van der Waals surface area (Å²) in [6, 6.07) is 15.4. The third-order valence-electron chi connectivity index (χ3n) is 5.92. The summed E-state index contributed by atoms with van der Waals surface area (Å²) in [6.07, 6.45) is 2.76. The monoisotopic (exact) mass is 496 g/mol. The lowest BCUT2D eigenvalue weighted by molar-refractivity contribution is -0.119. The van der Waals surface area contributed by atoms with Gasteiger partial charge in [0.15, 0.2) is 6.61 Å². The Balaban J connectivity index is 1.36. The first-order valence-electron chi connectivity index (χ1n) is 11.5. The number of ether oxygens (including phenoxy) is 1. The Hall–Kier alpha value is -3.50. The number of carbonyl (C=O) groups excluding carboxylic acids is 2. The van der Waals surface area contributed by atoms with Gasteiger partial charge in [-0.05, 0) is 63.1 Å². The highest BCUT2D eigenvalue weighted by Gasteiger charge is 2.26. The van der Waals surface area contributed by atoms with E-state index in [-0.39, 0.29) is 4.90 Å². The molecule has 1 aliphatic rings. The maximum Gasteiger partial charge on any atom is 0.342 e. The SMILES string of the molecule is Cc1nn(-c2ccccc2)c(C)c1C(=O)OCC(=O)Nc1ccc(S(=O)(=O)N2CCCCC2)cc1. The van der Waals surface area contributed by atoms with Crippen LogP contribution in [-0.4, -0.2) is 54.1 Å². The first-order chi connectivity index (χ1) is 16.8. The van der Waals surface area contributed by atoms with Gasteiger partial charge in [-0.3, -0.25) is 4.79 Å². The largest absolute Gasteiger partial charge is 0.452 e. The van der Waals surface area contributed by atoms with Crippen molar-refractivity contribution in [1.29, 1.82) is 0 Å². The summed E-state index contributed by atoms with van der Waals surface area (Å²) in [5, 5.41) is 7.04. The zero-order valence-corrected chi connectivity index (χ0v) is 20.5. The number of aromatic nitrogens is 2. The summed E-state index contributed by atoms with van der Waals surface area (Å²) < 4.78 is 33.9. The molecule has 0 aliphatic carbocycles. The molecule has 1 aliphatic heterocycles. The first kappa shape index (κ1) is 24.6. The topological polar surface area (TPSA) is 111 Å². The molecule has 0 atom stereocenters. The lowest BCUT2D eigenvalue weighted by Gasteiger charge is -2.25. The van der Waals surface area contributed by atoms with Crippen LogP contribution in [0, 0.1) is 13.8 Å². The highest BCUT2D eigenvalue weighted by Crippen LogP contribution is 2.22. The lowest BCUT2D eigenvalue weighted by Crippen LogP contribution is -2.35. The third-order valence-corrected chi connectivity index (χ3v) is 7.83. The van der Waals surface area contributed by atoms with Crippen LogP contribution in [0.2, 0.25) is 0 Å². The number of nitrogens with one attached hydrogen (secondary N) is 1. The molecule has 1 aromatic heterocycles. The van der Waals surface area contributed by atoms with Gasteiger partial charge in [-0.15, -0.1) is 0 Å². The van der Waals surface area contributed by atoms with E-state index in [0.29, 0.717) is 35.7 Å². The van der Waals surface area contributed by atoms with Crippen LogP contribution in [0.1, 0.15) is 41.0 Å². The van der Waals surface area contributed by atoms with Gasteiger partial charge in [0.2, 0.25) is 10.0 Å². The van der Waals surface area contributed by atoms with Crippen LogP contribution in [-0.2, 0) is 19.6 Å².